The summed E-state index contributed by atoms with van der Waals surface area (Å²) in [6, 6.07) is 8.42. The van der Waals surface area contributed by atoms with E-state index in [4.69, 9.17) is 5.11 Å². The summed E-state index contributed by atoms with van der Waals surface area (Å²) in [5, 5.41) is 9.01. The molecule has 0 amide bonds. The van der Waals surface area contributed by atoms with Gasteiger partial charge in [-0.05, 0) is 6.42 Å². The van der Waals surface area contributed by atoms with Gasteiger partial charge in [-0.1, -0.05) is 30.3 Å². The summed E-state index contributed by atoms with van der Waals surface area (Å²) < 4.78 is 0. The molecule has 0 aromatic heterocycles. The van der Waals surface area contributed by atoms with Crippen molar-refractivity contribution in [2.24, 2.45) is 5.92 Å². The molecule has 2 N–H and O–H groups in total. The van der Waals surface area contributed by atoms with Crippen LogP contribution in [0.1, 0.15) is 16.8 Å². The van der Waals surface area contributed by atoms with Crippen molar-refractivity contribution in [3.63, 3.8) is 0 Å². The highest BCUT2D eigenvalue weighted by atomic mass is 16.6. The van der Waals surface area contributed by atoms with E-state index >= 15 is 0 Å². The molecule has 0 heterocycles. The Morgan fingerprint density at radius 2 is 2.00 bits per heavy atom. The molecule has 1 atom stereocenters. The first-order valence-corrected chi connectivity index (χ1v) is 5.24. The Morgan fingerprint density at radius 1 is 1.35 bits per heavy atom. The number of hydrogen-bond acceptors (Lipinski definition) is 4. The topological polar surface area (TPSA) is 75.6 Å². The molecule has 1 aromatic carbocycles. The van der Waals surface area contributed by atoms with Gasteiger partial charge in [0, 0.05) is 12.1 Å². The molecule has 0 aliphatic rings. The van der Waals surface area contributed by atoms with E-state index < -0.39 is 11.9 Å². The van der Waals surface area contributed by atoms with Gasteiger partial charge >= 0.3 is 5.97 Å². The first-order valence-electron chi connectivity index (χ1n) is 5.24. The average molecular weight is 237 g/mol. The zero-order chi connectivity index (χ0) is 12.7. The third kappa shape index (κ3) is 3.97. The second-order valence-electron chi connectivity index (χ2n) is 3.51. The van der Waals surface area contributed by atoms with E-state index in [1.165, 1.54) is 7.11 Å². The molecule has 0 aliphatic carbocycles. The number of carbonyl (C=O) groups is 2. The Kier molecular flexibility index (Phi) is 5.32. The zero-order valence-corrected chi connectivity index (χ0v) is 9.55. The van der Waals surface area contributed by atoms with Crippen molar-refractivity contribution in [3.05, 3.63) is 35.9 Å². The minimum atomic E-state index is -1.11. The summed E-state index contributed by atoms with van der Waals surface area (Å²) in [6.45, 7) is 0.312. The van der Waals surface area contributed by atoms with Crippen LogP contribution in [-0.4, -0.2) is 30.5 Å². The molecule has 0 aliphatic heterocycles. The Balaban J connectivity index is 2.71. The van der Waals surface area contributed by atoms with Crippen LogP contribution in [0, 0.1) is 5.92 Å². The quantitative estimate of drug-likeness (QED) is 0.321. The molecule has 17 heavy (non-hydrogen) atoms. The van der Waals surface area contributed by atoms with Crippen molar-refractivity contribution in [3.8, 4) is 0 Å². The molecule has 0 bridgehead atoms. The summed E-state index contributed by atoms with van der Waals surface area (Å²) >= 11 is 0. The van der Waals surface area contributed by atoms with Crippen LogP contribution >= 0.6 is 0 Å². The lowest BCUT2D eigenvalue weighted by atomic mass is 9.95. The summed E-state index contributed by atoms with van der Waals surface area (Å²) in [6.07, 6.45) is 0.191. The predicted molar refractivity (Wildman–Crippen MR) is 61.5 cm³/mol. The fourth-order valence-corrected chi connectivity index (χ4v) is 1.48. The van der Waals surface area contributed by atoms with Gasteiger partial charge in [-0.3, -0.25) is 9.59 Å². The van der Waals surface area contributed by atoms with E-state index in [-0.39, 0.29) is 12.2 Å². The molecule has 1 unspecified atom stereocenters. The third-order valence-corrected chi connectivity index (χ3v) is 2.35. The second kappa shape index (κ2) is 6.78. The number of benzene rings is 1. The van der Waals surface area contributed by atoms with Gasteiger partial charge in [0.15, 0.2) is 5.78 Å². The Bertz CT molecular complexity index is 377. The number of ketones is 1. The summed E-state index contributed by atoms with van der Waals surface area (Å²) in [5.41, 5.74) is 2.94. The fourth-order valence-electron chi connectivity index (χ4n) is 1.48. The number of hydroxylamine groups is 1. The van der Waals surface area contributed by atoms with Gasteiger partial charge in [0.2, 0.25) is 0 Å². The first-order chi connectivity index (χ1) is 8.16. The maximum absolute atomic E-state index is 11.9. The van der Waals surface area contributed by atoms with Crippen molar-refractivity contribution in [2.45, 2.75) is 6.42 Å². The Hall–Kier alpha value is -1.72. The molecule has 1 aromatic rings. The van der Waals surface area contributed by atoms with E-state index in [0.29, 0.717) is 12.1 Å². The van der Waals surface area contributed by atoms with Gasteiger partial charge in [-0.15, -0.1) is 0 Å². The van der Waals surface area contributed by atoms with Crippen molar-refractivity contribution in [1.29, 1.82) is 0 Å². The average Bonchev–Trinajstić information content (AvgIpc) is 2.34. The highest BCUT2D eigenvalue weighted by Crippen LogP contribution is 2.12. The maximum atomic E-state index is 11.9. The van der Waals surface area contributed by atoms with Crippen molar-refractivity contribution in [1.82, 2.24) is 5.48 Å². The molecule has 0 spiro atoms. The predicted octanol–water partition coefficient (Wildman–Crippen LogP) is 1.11. The molecule has 92 valence electrons. The number of Topliss-reactive ketones (excluding diaryl/α,β-unsaturated/α-hetero) is 1. The van der Waals surface area contributed by atoms with Crippen LogP contribution in [-0.2, 0) is 9.63 Å². The van der Waals surface area contributed by atoms with Crippen LogP contribution in [0.3, 0.4) is 0 Å². The first kappa shape index (κ1) is 13.3. The lowest BCUT2D eigenvalue weighted by molar-refractivity contribution is -0.140. The fraction of sp³-hybridized carbons (Fsp3) is 0.333. The van der Waals surface area contributed by atoms with Gasteiger partial charge in [0.25, 0.3) is 0 Å². The molecule has 1 rings (SSSR count). The van der Waals surface area contributed by atoms with E-state index in [2.05, 4.69) is 10.3 Å². The normalized spacial score (nSPS) is 12.1. The van der Waals surface area contributed by atoms with Crippen LogP contribution in [0.4, 0.5) is 0 Å². The lowest BCUT2D eigenvalue weighted by Crippen LogP contribution is -2.28. The lowest BCUT2D eigenvalue weighted by Gasteiger charge is -2.11. The Labute approximate surface area is 99.4 Å². The number of aliphatic carboxylic acids is 1. The van der Waals surface area contributed by atoms with Gasteiger partial charge in [0.1, 0.15) is 5.92 Å². The highest BCUT2D eigenvalue weighted by molar-refractivity contribution is 6.08. The minimum absolute atomic E-state index is 0.191. The Morgan fingerprint density at radius 3 is 2.53 bits per heavy atom. The zero-order valence-electron chi connectivity index (χ0n) is 9.55. The molecule has 5 nitrogen and oxygen atoms in total. The SMILES string of the molecule is CONCCC(C(=O)O)C(=O)c1ccccc1. The molecular weight excluding hydrogens is 222 g/mol. The molecule has 0 radical (unpaired) electrons. The van der Waals surface area contributed by atoms with Crippen molar-refractivity contribution >= 4 is 11.8 Å². The third-order valence-electron chi connectivity index (χ3n) is 2.35. The number of rotatable bonds is 7. The van der Waals surface area contributed by atoms with E-state index in [1.807, 2.05) is 0 Å². The molecule has 5 heteroatoms. The van der Waals surface area contributed by atoms with Gasteiger partial charge in [0.05, 0.1) is 7.11 Å². The molecule has 0 fully saturated rings. The molecular formula is C12H15NO4. The number of hydrogen-bond donors (Lipinski definition) is 2. The van der Waals surface area contributed by atoms with E-state index in [1.54, 1.807) is 30.3 Å². The largest absolute Gasteiger partial charge is 0.481 e. The maximum Gasteiger partial charge on any atom is 0.314 e. The van der Waals surface area contributed by atoms with Gasteiger partial charge in [-0.25, -0.2) is 5.48 Å². The van der Waals surface area contributed by atoms with Crippen LogP contribution in [0.15, 0.2) is 30.3 Å². The van der Waals surface area contributed by atoms with Crippen LogP contribution in [0.25, 0.3) is 0 Å². The number of carbonyl (C=O) groups excluding carboxylic acids is 1. The van der Waals surface area contributed by atoms with Crippen molar-refractivity contribution < 1.29 is 19.5 Å². The van der Waals surface area contributed by atoms with Crippen LogP contribution in [0.2, 0.25) is 0 Å². The van der Waals surface area contributed by atoms with Crippen LogP contribution in [0.5, 0.6) is 0 Å². The van der Waals surface area contributed by atoms with E-state index in [0.717, 1.165) is 0 Å². The van der Waals surface area contributed by atoms with Crippen LogP contribution < -0.4 is 5.48 Å². The second-order valence-corrected chi connectivity index (χ2v) is 3.51. The minimum Gasteiger partial charge on any atom is -0.481 e. The summed E-state index contributed by atoms with van der Waals surface area (Å²) in [7, 11) is 1.44. The standard InChI is InChI=1S/C12H15NO4/c1-17-13-8-7-10(12(15)16)11(14)9-5-3-2-4-6-9/h2-6,10,13H,7-8H2,1H3,(H,15,16). The number of carboxylic acid groups (broad SMARTS) is 1. The van der Waals surface area contributed by atoms with Gasteiger partial charge in [-0.2, -0.15) is 0 Å². The summed E-state index contributed by atoms with van der Waals surface area (Å²) in [4.78, 5) is 27.6. The van der Waals surface area contributed by atoms with Crippen molar-refractivity contribution in [2.75, 3.05) is 13.7 Å². The molecule has 0 saturated heterocycles. The monoisotopic (exact) mass is 237 g/mol. The summed E-state index contributed by atoms with van der Waals surface area (Å²) in [5.74, 6) is -2.53. The number of carboxylic acids is 1. The number of nitrogens with one attached hydrogen (secondary N) is 1. The highest BCUT2D eigenvalue weighted by Gasteiger charge is 2.26. The smallest absolute Gasteiger partial charge is 0.314 e. The van der Waals surface area contributed by atoms with Gasteiger partial charge < -0.3 is 9.94 Å². The molecule has 0 saturated carbocycles. The van der Waals surface area contributed by atoms with E-state index in [9.17, 15) is 9.59 Å².